The van der Waals surface area contributed by atoms with E-state index in [1.54, 1.807) is 13.0 Å². The summed E-state index contributed by atoms with van der Waals surface area (Å²) in [7, 11) is 0. The number of piperidine rings is 1. The van der Waals surface area contributed by atoms with Gasteiger partial charge in [-0.1, -0.05) is 6.92 Å². The molecule has 2 atom stereocenters. The van der Waals surface area contributed by atoms with Gasteiger partial charge in [-0.05, 0) is 37.8 Å². The van der Waals surface area contributed by atoms with Gasteiger partial charge in [-0.15, -0.1) is 0 Å². The van der Waals surface area contributed by atoms with Gasteiger partial charge in [0.1, 0.15) is 0 Å². The third-order valence-corrected chi connectivity index (χ3v) is 3.96. The van der Waals surface area contributed by atoms with E-state index in [0.29, 0.717) is 24.1 Å². The van der Waals surface area contributed by atoms with E-state index in [2.05, 4.69) is 11.8 Å². The van der Waals surface area contributed by atoms with Crippen molar-refractivity contribution >= 4 is 11.4 Å². The van der Waals surface area contributed by atoms with E-state index < -0.39 is 0 Å². The van der Waals surface area contributed by atoms with Crippen molar-refractivity contribution in [2.45, 2.75) is 32.7 Å². The molecule has 2 N–H and O–H groups in total. The van der Waals surface area contributed by atoms with Crippen molar-refractivity contribution in [3.63, 3.8) is 0 Å². The lowest BCUT2D eigenvalue weighted by Crippen LogP contribution is -2.46. The molecule has 104 valence electrons. The lowest BCUT2D eigenvalue weighted by Gasteiger charge is -2.39. The number of benzene rings is 1. The van der Waals surface area contributed by atoms with E-state index in [1.807, 2.05) is 12.1 Å². The number of hydrogen-bond acceptors (Lipinski definition) is 4. The van der Waals surface area contributed by atoms with Crippen molar-refractivity contribution in [2.24, 2.45) is 11.7 Å². The van der Waals surface area contributed by atoms with Crippen LogP contribution in [0.3, 0.4) is 0 Å². The molecule has 0 amide bonds. The zero-order valence-corrected chi connectivity index (χ0v) is 11.5. The summed E-state index contributed by atoms with van der Waals surface area (Å²) in [5.41, 5.74) is 7.79. The van der Waals surface area contributed by atoms with Gasteiger partial charge < -0.3 is 10.6 Å². The van der Waals surface area contributed by atoms with Crippen molar-refractivity contribution in [1.29, 1.82) is 0 Å². The highest BCUT2D eigenvalue weighted by Gasteiger charge is 2.26. The Morgan fingerprint density at radius 2 is 2.26 bits per heavy atom. The maximum Gasteiger partial charge on any atom is 0.272 e. The second-order valence-electron chi connectivity index (χ2n) is 5.44. The Morgan fingerprint density at radius 3 is 2.84 bits per heavy atom. The molecule has 1 aromatic carbocycles. The molecule has 0 saturated carbocycles. The van der Waals surface area contributed by atoms with Crippen LogP contribution in [0.4, 0.5) is 11.4 Å². The van der Waals surface area contributed by atoms with Gasteiger partial charge in [-0.2, -0.15) is 0 Å². The van der Waals surface area contributed by atoms with E-state index in [1.165, 1.54) is 0 Å². The molecule has 1 aliphatic heterocycles. The van der Waals surface area contributed by atoms with Crippen molar-refractivity contribution < 1.29 is 4.92 Å². The number of nitrogens with zero attached hydrogens (tertiary/aromatic N) is 2. The van der Waals surface area contributed by atoms with E-state index in [9.17, 15) is 10.1 Å². The van der Waals surface area contributed by atoms with Crippen LogP contribution in [0.2, 0.25) is 0 Å². The molecule has 1 fully saturated rings. The normalized spacial score (nSPS) is 23.4. The molecule has 1 aliphatic rings. The number of rotatable bonds is 3. The smallest absolute Gasteiger partial charge is 0.272 e. The third kappa shape index (κ3) is 2.87. The van der Waals surface area contributed by atoms with Crippen LogP contribution >= 0.6 is 0 Å². The van der Waals surface area contributed by atoms with Crippen LogP contribution in [0, 0.1) is 23.0 Å². The highest BCUT2D eigenvalue weighted by molar-refractivity contribution is 5.56. The summed E-state index contributed by atoms with van der Waals surface area (Å²) in [4.78, 5) is 12.8. The zero-order valence-electron chi connectivity index (χ0n) is 11.5. The maximum atomic E-state index is 10.8. The molecule has 2 rings (SSSR count). The van der Waals surface area contributed by atoms with Crippen LogP contribution in [-0.2, 0) is 0 Å². The standard InChI is InChI=1S/C14H21N3O2/c1-10-5-6-16(13(7-10)9-15)12-3-4-14(17(18)19)11(2)8-12/h3-4,8,10,13H,5-7,9,15H2,1-2H3. The fraction of sp³-hybridized carbons (Fsp3) is 0.571. The summed E-state index contributed by atoms with van der Waals surface area (Å²) < 4.78 is 0. The number of nitro benzene ring substituents is 1. The fourth-order valence-electron chi connectivity index (χ4n) is 2.84. The molecule has 5 nitrogen and oxygen atoms in total. The van der Waals surface area contributed by atoms with Crippen LogP contribution in [0.15, 0.2) is 18.2 Å². The van der Waals surface area contributed by atoms with Gasteiger partial charge in [0.15, 0.2) is 0 Å². The Hall–Kier alpha value is -1.62. The minimum atomic E-state index is -0.336. The molecule has 0 spiro atoms. The van der Waals surface area contributed by atoms with E-state index in [-0.39, 0.29) is 10.6 Å². The first-order valence-electron chi connectivity index (χ1n) is 6.74. The maximum absolute atomic E-state index is 10.8. The van der Waals surface area contributed by atoms with E-state index in [4.69, 9.17) is 5.73 Å². The molecular formula is C14H21N3O2. The lowest BCUT2D eigenvalue weighted by molar-refractivity contribution is -0.385. The molecule has 1 saturated heterocycles. The molecular weight excluding hydrogens is 242 g/mol. The van der Waals surface area contributed by atoms with Gasteiger partial charge >= 0.3 is 0 Å². The van der Waals surface area contributed by atoms with Crippen LogP contribution in [0.25, 0.3) is 0 Å². The number of anilines is 1. The van der Waals surface area contributed by atoms with Crippen LogP contribution < -0.4 is 10.6 Å². The Kier molecular flexibility index (Phi) is 4.04. The molecule has 5 heteroatoms. The topological polar surface area (TPSA) is 72.4 Å². The Morgan fingerprint density at radius 1 is 1.53 bits per heavy atom. The quantitative estimate of drug-likeness (QED) is 0.671. The summed E-state index contributed by atoms with van der Waals surface area (Å²) in [6, 6.07) is 5.67. The summed E-state index contributed by atoms with van der Waals surface area (Å²) in [6.45, 7) is 5.63. The first-order chi connectivity index (χ1) is 9.02. The average Bonchev–Trinajstić information content (AvgIpc) is 2.37. The minimum Gasteiger partial charge on any atom is -0.367 e. The fourth-order valence-corrected chi connectivity index (χ4v) is 2.84. The van der Waals surface area contributed by atoms with Crippen LogP contribution in [0.1, 0.15) is 25.3 Å². The van der Waals surface area contributed by atoms with Crippen LogP contribution in [-0.4, -0.2) is 24.1 Å². The molecule has 0 aromatic heterocycles. The second-order valence-corrected chi connectivity index (χ2v) is 5.44. The number of hydrogen-bond donors (Lipinski definition) is 1. The molecule has 0 radical (unpaired) electrons. The lowest BCUT2D eigenvalue weighted by atomic mass is 9.92. The Labute approximate surface area is 113 Å². The first kappa shape index (κ1) is 13.8. The number of nitro groups is 1. The number of nitrogens with two attached hydrogens (primary N) is 1. The molecule has 2 unspecified atom stereocenters. The van der Waals surface area contributed by atoms with Crippen molar-refractivity contribution in [2.75, 3.05) is 18.0 Å². The zero-order chi connectivity index (χ0) is 14.0. The monoisotopic (exact) mass is 263 g/mol. The first-order valence-corrected chi connectivity index (χ1v) is 6.74. The van der Waals surface area contributed by atoms with Gasteiger partial charge in [0, 0.05) is 36.4 Å². The molecule has 19 heavy (non-hydrogen) atoms. The van der Waals surface area contributed by atoms with Gasteiger partial charge in [-0.3, -0.25) is 10.1 Å². The van der Waals surface area contributed by atoms with E-state index >= 15 is 0 Å². The average molecular weight is 263 g/mol. The van der Waals surface area contributed by atoms with Crippen molar-refractivity contribution in [3.8, 4) is 0 Å². The third-order valence-electron chi connectivity index (χ3n) is 3.96. The summed E-state index contributed by atoms with van der Waals surface area (Å²) in [5.74, 6) is 0.698. The molecule has 0 bridgehead atoms. The van der Waals surface area contributed by atoms with Gasteiger partial charge in [-0.25, -0.2) is 0 Å². The summed E-state index contributed by atoms with van der Waals surface area (Å²) in [5, 5.41) is 10.8. The highest BCUT2D eigenvalue weighted by atomic mass is 16.6. The predicted octanol–water partition coefficient (Wildman–Crippen LogP) is 2.47. The van der Waals surface area contributed by atoms with Gasteiger partial charge in [0.25, 0.3) is 5.69 Å². The summed E-state index contributed by atoms with van der Waals surface area (Å²) >= 11 is 0. The van der Waals surface area contributed by atoms with Crippen molar-refractivity contribution in [1.82, 2.24) is 0 Å². The SMILES string of the molecule is Cc1cc(N2CCC(C)CC2CN)ccc1[N+](=O)[O-]. The van der Waals surface area contributed by atoms with Crippen LogP contribution in [0.5, 0.6) is 0 Å². The highest BCUT2D eigenvalue weighted by Crippen LogP contribution is 2.30. The largest absolute Gasteiger partial charge is 0.367 e. The molecule has 1 aromatic rings. The number of aryl methyl sites for hydroxylation is 1. The Bertz CT molecular complexity index is 476. The molecule has 0 aliphatic carbocycles. The van der Waals surface area contributed by atoms with Crippen molar-refractivity contribution in [3.05, 3.63) is 33.9 Å². The summed E-state index contributed by atoms with van der Waals surface area (Å²) in [6.07, 6.45) is 2.24. The molecule has 1 heterocycles. The predicted molar refractivity (Wildman–Crippen MR) is 76.4 cm³/mol. The Balaban J connectivity index is 2.26. The van der Waals surface area contributed by atoms with Gasteiger partial charge in [0.05, 0.1) is 4.92 Å². The van der Waals surface area contributed by atoms with E-state index in [0.717, 1.165) is 25.1 Å². The minimum absolute atomic E-state index is 0.179. The second kappa shape index (κ2) is 5.57. The van der Waals surface area contributed by atoms with Gasteiger partial charge in [0.2, 0.25) is 0 Å².